The first-order chi connectivity index (χ1) is 31.4. The van der Waals surface area contributed by atoms with Crippen LogP contribution in [0.25, 0.3) is 68.0 Å². The molecule has 0 saturated heterocycles. The van der Waals surface area contributed by atoms with Gasteiger partial charge in [-0.15, -0.1) is 5.10 Å². The monoisotopic (exact) mass is 840 g/mol. The normalized spacial score (nSPS) is 15.7. The minimum Gasteiger partial charge on any atom is -0.340 e. The molecule has 0 aliphatic heterocycles. The smallest absolute Gasteiger partial charge is 0.182 e. The molecule has 0 radical (unpaired) electrons. The Morgan fingerprint density at radius 2 is 1.36 bits per heavy atom. The minimum absolute atomic E-state index is 0.253. The number of hydrogen-bond acceptors (Lipinski definition) is 10. The Morgan fingerprint density at radius 3 is 2.16 bits per heavy atom. The molecule has 12 rings (SSSR count). The van der Waals surface area contributed by atoms with Crippen molar-refractivity contribution in [3.05, 3.63) is 167 Å². The van der Waals surface area contributed by atoms with Crippen LogP contribution < -0.4 is 10.6 Å². The fourth-order valence-electron chi connectivity index (χ4n) is 9.41. The average Bonchev–Trinajstić information content (AvgIpc) is 4.18. The summed E-state index contributed by atoms with van der Waals surface area (Å²) < 4.78 is 3.62. The number of aromatic nitrogens is 12. The lowest BCUT2D eigenvalue weighted by molar-refractivity contribution is 0.521. The van der Waals surface area contributed by atoms with Crippen molar-refractivity contribution < 1.29 is 0 Å². The summed E-state index contributed by atoms with van der Waals surface area (Å²) in [6, 6.07) is 36.1. The molecular formula is C50H44N14. The van der Waals surface area contributed by atoms with Gasteiger partial charge >= 0.3 is 0 Å². The van der Waals surface area contributed by atoms with E-state index in [1.54, 1.807) is 10.8 Å². The molecular weight excluding hydrogens is 797 g/mol. The molecule has 2 aliphatic rings. The summed E-state index contributed by atoms with van der Waals surface area (Å²) in [6.07, 6.45) is 9.50. The van der Waals surface area contributed by atoms with E-state index in [1.165, 1.54) is 22.3 Å². The quantitative estimate of drug-likeness (QED) is 0.100. The average molecular weight is 841 g/mol. The molecule has 2 atom stereocenters. The Bertz CT molecular complexity index is 3370. The van der Waals surface area contributed by atoms with Gasteiger partial charge in [0.15, 0.2) is 17.1 Å². The van der Waals surface area contributed by atoms with E-state index in [-0.39, 0.29) is 6.04 Å². The van der Waals surface area contributed by atoms with Gasteiger partial charge in [-0.25, -0.2) is 29.0 Å². The van der Waals surface area contributed by atoms with E-state index in [4.69, 9.17) is 30.0 Å². The highest BCUT2D eigenvalue weighted by atomic mass is 15.3. The second-order valence-electron chi connectivity index (χ2n) is 16.9. The maximum atomic E-state index is 5.12. The van der Waals surface area contributed by atoms with Gasteiger partial charge in [0.05, 0.1) is 35.9 Å². The van der Waals surface area contributed by atoms with Crippen LogP contribution in [0, 0.1) is 13.8 Å². The molecule has 14 heteroatoms. The molecule has 0 spiro atoms. The third-order valence-electron chi connectivity index (χ3n) is 12.6. The first-order valence-electron chi connectivity index (χ1n) is 21.8. The number of aryl methyl sites for hydroxylation is 3. The summed E-state index contributed by atoms with van der Waals surface area (Å²) in [5, 5.41) is 16.8. The zero-order valence-corrected chi connectivity index (χ0v) is 35.4. The van der Waals surface area contributed by atoms with Gasteiger partial charge in [-0.3, -0.25) is 9.97 Å². The van der Waals surface area contributed by atoms with E-state index >= 15 is 0 Å². The van der Waals surface area contributed by atoms with Gasteiger partial charge in [0.1, 0.15) is 29.4 Å². The second-order valence-corrected chi connectivity index (χ2v) is 16.9. The van der Waals surface area contributed by atoms with Crippen molar-refractivity contribution in [2.45, 2.75) is 64.7 Å². The van der Waals surface area contributed by atoms with E-state index in [2.05, 4.69) is 85.3 Å². The zero-order chi connectivity index (χ0) is 42.7. The van der Waals surface area contributed by atoms with Crippen molar-refractivity contribution in [2.24, 2.45) is 0 Å². The number of rotatable bonds is 11. The molecule has 2 aliphatic carbocycles. The molecule has 4 N–H and O–H groups in total. The van der Waals surface area contributed by atoms with Gasteiger partial charge in [-0.1, -0.05) is 48.5 Å². The lowest BCUT2D eigenvalue weighted by Crippen LogP contribution is -2.29. The number of H-pyrrole nitrogens is 2. The van der Waals surface area contributed by atoms with Gasteiger partial charge < -0.3 is 20.6 Å². The summed E-state index contributed by atoms with van der Waals surface area (Å²) in [4.78, 5) is 36.5. The summed E-state index contributed by atoms with van der Waals surface area (Å²) in [5.74, 6) is 2.40. The van der Waals surface area contributed by atoms with Gasteiger partial charge in [-0.05, 0) is 116 Å². The van der Waals surface area contributed by atoms with Crippen LogP contribution in [0.3, 0.4) is 0 Å². The van der Waals surface area contributed by atoms with E-state index in [0.29, 0.717) is 25.0 Å². The fraction of sp³-hybridized carbons (Fsp3) is 0.200. The van der Waals surface area contributed by atoms with Crippen LogP contribution in [0.5, 0.6) is 0 Å². The van der Waals surface area contributed by atoms with E-state index in [0.717, 1.165) is 111 Å². The summed E-state index contributed by atoms with van der Waals surface area (Å²) in [5.41, 5.74) is 16.9. The molecule has 10 aromatic rings. The fourth-order valence-corrected chi connectivity index (χ4v) is 9.41. The number of nitrogens with one attached hydrogen (secondary N) is 4. The van der Waals surface area contributed by atoms with E-state index in [9.17, 15) is 0 Å². The number of hydrogen-bond donors (Lipinski definition) is 4. The Hall–Kier alpha value is -7.68. The molecule has 8 aromatic heterocycles. The topological polar surface area (TPSA) is 168 Å². The number of benzene rings is 2. The lowest BCUT2D eigenvalue weighted by atomic mass is 10.1. The maximum absolute atomic E-state index is 5.12. The molecule has 2 aromatic carbocycles. The van der Waals surface area contributed by atoms with Crippen LogP contribution >= 0.6 is 0 Å². The highest BCUT2D eigenvalue weighted by Crippen LogP contribution is 2.35. The Morgan fingerprint density at radius 1 is 0.625 bits per heavy atom. The van der Waals surface area contributed by atoms with Crippen LogP contribution in [-0.4, -0.2) is 65.1 Å². The van der Waals surface area contributed by atoms with Gasteiger partial charge in [0.2, 0.25) is 0 Å². The molecule has 14 nitrogen and oxygen atoms in total. The third-order valence-corrected chi connectivity index (χ3v) is 12.6. The number of nitrogens with zero attached hydrogens (tertiary/aromatic N) is 10. The minimum atomic E-state index is 0.253. The van der Waals surface area contributed by atoms with E-state index in [1.807, 2.05) is 79.3 Å². The van der Waals surface area contributed by atoms with Crippen molar-refractivity contribution in [3.8, 4) is 56.7 Å². The molecule has 314 valence electrons. The van der Waals surface area contributed by atoms with Gasteiger partial charge in [0.25, 0.3) is 0 Å². The molecule has 8 heterocycles. The second kappa shape index (κ2) is 15.6. The van der Waals surface area contributed by atoms with Crippen LogP contribution in [-0.2, 0) is 32.4 Å². The largest absolute Gasteiger partial charge is 0.340 e. The zero-order valence-electron chi connectivity index (χ0n) is 35.4. The predicted molar refractivity (Wildman–Crippen MR) is 245 cm³/mol. The molecule has 0 fully saturated rings. The van der Waals surface area contributed by atoms with Crippen molar-refractivity contribution in [1.82, 2.24) is 69.7 Å². The Labute approximate surface area is 368 Å². The summed E-state index contributed by atoms with van der Waals surface area (Å²) in [6.45, 7) is 5.20. The number of imidazole rings is 2. The first-order valence-corrected chi connectivity index (χ1v) is 21.8. The standard InChI is InChI=1S/C50H44N14/c1-29-7-5-11-40(55-29)48-46(57-43(60-48)26-52-39-17-15-31-9-3-4-10-38(31)39)33-19-20-63-45(24-33)61-50(62-63)34-14-13-32-22-37(23-36(32)21-34)51-25-42-58-47(35-16-18-44-53-28-54-64(44)27-35)49(59-42)41-12-6-8-30(2)56-41/h3-14,16,18-21,24,27-28,37,39,51-52H,15,17,22-23,25-26H2,1-2H3,(H,57,60)(H,58,59)/t37?,39-/m1/s1. The molecule has 0 bridgehead atoms. The predicted octanol–water partition coefficient (Wildman–Crippen LogP) is 7.99. The van der Waals surface area contributed by atoms with E-state index < -0.39 is 0 Å². The van der Waals surface area contributed by atoms with Crippen molar-refractivity contribution in [2.75, 3.05) is 0 Å². The van der Waals surface area contributed by atoms with Crippen molar-refractivity contribution >= 4 is 11.3 Å². The number of aromatic amines is 2. The van der Waals surface area contributed by atoms with Gasteiger partial charge in [0, 0.05) is 52.6 Å². The van der Waals surface area contributed by atoms with Crippen LogP contribution in [0.15, 0.2) is 122 Å². The Kier molecular flexibility index (Phi) is 9.26. The SMILES string of the molecule is Cc1cccc(-c2nc(CNC3Cc4ccc(-c5nc6cc(-c7[nH]c(CN[C@@H]8CCc9ccccc98)nc7-c7cccc(C)n7)ccn6n5)cc4C3)[nH]c2-c2ccc3ncnn3c2)n1. The Balaban J connectivity index is 0.772. The number of pyridine rings is 4. The first kappa shape index (κ1) is 38.0. The van der Waals surface area contributed by atoms with Gasteiger partial charge in [-0.2, -0.15) is 5.10 Å². The molecule has 64 heavy (non-hydrogen) atoms. The highest BCUT2D eigenvalue weighted by molar-refractivity contribution is 5.79. The van der Waals surface area contributed by atoms with Crippen LogP contribution in [0.2, 0.25) is 0 Å². The molecule has 0 saturated carbocycles. The summed E-state index contributed by atoms with van der Waals surface area (Å²) in [7, 11) is 0. The van der Waals surface area contributed by atoms with Crippen molar-refractivity contribution in [1.29, 1.82) is 0 Å². The third kappa shape index (κ3) is 7.12. The highest BCUT2D eigenvalue weighted by Gasteiger charge is 2.25. The van der Waals surface area contributed by atoms with Crippen LogP contribution in [0.4, 0.5) is 0 Å². The van der Waals surface area contributed by atoms with Crippen LogP contribution in [0.1, 0.15) is 57.8 Å². The summed E-state index contributed by atoms with van der Waals surface area (Å²) >= 11 is 0. The van der Waals surface area contributed by atoms with Crippen molar-refractivity contribution in [3.63, 3.8) is 0 Å². The number of fused-ring (bicyclic) bond motifs is 4. The lowest BCUT2D eigenvalue weighted by Gasteiger charge is -2.12. The molecule has 0 amide bonds. The maximum Gasteiger partial charge on any atom is 0.182 e. The molecule has 1 unspecified atom stereocenters.